The molecule has 2 aliphatic heterocycles. The van der Waals surface area contributed by atoms with Gasteiger partial charge in [-0.2, -0.15) is 0 Å². The molecule has 0 fully saturated rings. The molecule has 20 bridgehead atoms. The van der Waals surface area contributed by atoms with Crippen molar-refractivity contribution < 1.29 is 37.9 Å². The fraction of sp³-hybridized carbons (Fsp3) is 0.525. The number of hydrogen-bond donors (Lipinski definition) is 0. The summed E-state index contributed by atoms with van der Waals surface area (Å²) in [7, 11) is 0. The van der Waals surface area contributed by atoms with Gasteiger partial charge in [-0.15, -0.1) is 13.2 Å². The van der Waals surface area contributed by atoms with E-state index in [1.54, 1.807) is 0 Å². The van der Waals surface area contributed by atoms with E-state index >= 15 is 0 Å². The minimum atomic E-state index is -0.177. The molecular weight excluding hydrogens is 1590 g/mol. The topological polar surface area (TPSA) is 73.8 Å². The predicted octanol–water partition coefficient (Wildman–Crippen LogP) is 31.5. The second kappa shape index (κ2) is 42.8. The predicted molar refractivity (Wildman–Crippen MR) is 549 cm³/mol. The Kier molecular flexibility index (Phi) is 32.9. The van der Waals surface area contributed by atoms with Crippen molar-refractivity contribution in [2.24, 2.45) is 0 Å². The largest absolute Gasteiger partial charge is 0.493 e. The Morgan fingerprint density at radius 3 is 0.538 bits per heavy atom. The Labute approximate surface area is 787 Å². The Balaban J connectivity index is 0.926. The maximum absolute atomic E-state index is 7.59. The van der Waals surface area contributed by atoms with Crippen molar-refractivity contribution in [2.45, 2.75) is 364 Å². The lowest BCUT2D eigenvalue weighted by atomic mass is 9.79. The molecule has 700 valence electrons. The number of hydrogen-bond acceptors (Lipinski definition) is 8. The highest BCUT2D eigenvalue weighted by molar-refractivity contribution is 5.64. The van der Waals surface area contributed by atoms with Crippen molar-refractivity contribution in [2.75, 3.05) is 52.9 Å². The fourth-order valence-electron chi connectivity index (χ4n) is 18.5. The average molecular weight is 1760 g/mol. The van der Waals surface area contributed by atoms with Crippen LogP contribution in [0.15, 0.2) is 159 Å². The lowest BCUT2D eigenvalue weighted by Crippen LogP contribution is -2.18. The summed E-state index contributed by atoms with van der Waals surface area (Å²) in [5, 5.41) is 0. The number of allylic oxidation sites excluding steroid dienone is 8. The third-order valence-corrected chi connectivity index (χ3v) is 26.6. The maximum Gasteiger partial charge on any atom is 0.126 e. The van der Waals surface area contributed by atoms with Crippen LogP contribution in [0.4, 0.5) is 0 Å². The zero-order valence-corrected chi connectivity index (χ0v) is 85.2. The van der Waals surface area contributed by atoms with Gasteiger partial charge in [0.25, 0.3) is 0 Å². The van der Waals surface area contributed by atoms with Gasteiger partial charge < -0.3 is 37.9 Å². The highest BCUT2D eigenvalue weighted by Gasteiger charge is 2.35. The van der Waals surface area contributed by atoms with Crippen LogP contribution >= 0.6 is 0 Å². The summed E-state index contributed by atoms with van der Waals surface area (Å²) >= 11 is 0. The van der Waals surface area contributed by atoms with E-state index in [-0.39, 0.29) is 43.3 Å². The zero-order chi connectivity index (χ0) is 93.7. The minimum absolute atomic E-state index is 0.147. The molecule has 8 aromatic carbocycles. The van der Waals surface area contributed by atoms with Crippen LogP contribution in [0.5, 0.6) is 46.0 Å². The normalized spacial score (nSPS) is 15.6. The van der Waals surface area contributed by atoms with E-state index in [9.17, 15) is 0 Å². The molecule has 12 rings (SSSR count). The summed E-state index contributed by atoms with van der Waals surface area (Å²) in [5.41, 5.74) is 27.9. The van der Waals surface area contributed by atoms with Gasteiger partial charge in [0.1, 0.15) is 46.0 Å². The van der Waals surface area contributed by atoms with Gasteiger partial charge in [-0.25, -0.2) is 0 Å². The summed E-state index contributed by atoms with van der Waals surface area (Å²) in [6.45, 7) is 69.4. The summed E-state index contributed by atoms with van der Waals surface area (Å²) < 4.78 is 59.4. The van der Waals surface area contributed by atoms with E-state index in [1.807, 2.05) is 12.2 Å². The van der Waals surface area contributed by atoms with E-state index in [0.717, 1.165) is 149 Å². The van der Waals surface area contributed by atoms with Crippen LogP contribution in [0.3, 0.4) is 0 Å². The van der Waals surface area contributed by atoms with Crippen LogP contribution in [0.25, 0.3) is 0 Å². The maximum atomic E-state index is 7.59. The highest BCUT2D eigenvalue weighted by atomic mass is 16.5. The van der Waals surface area contributed by atoms with Crippen molar-refractivity contribution >= 4 is 0 Å². The Morgan fingerprint density at radius 1 is 0.231 bits per heavy atom. The molecule has 4 aliphatic rings. The summed E-state index contributed by atoms with van der Waals surface area (Å²) in [4.78, 5) is 0. The van der Waals surface area contributed by atoms with Gasteiger partial charge in [-0.1, -0.05) is 312 Å². The molecule has 0 N–H and O–H groups in total. The lowest BCUT2D eigenvalue weighted by Gasteiger charge is -2.29. The molecule has 0 spiro atoms. The van der Waals surface area contributed by atoms with Gasteiger partial charge in [-0.3, -0.25) is 0 Å². The molecule has 2 heterocycles. The van der Waals surface area contributed by atoms with E-state index < -0.39 is 0 Å². The molecule has 0 aromatic heterocycles. The molecule has 8 heteroatoms. The van der Waals surface area contributed by atoms with E-state index in [2.05, 4.69) is 313 Å². The smallest absolute Gasteiger partial charge is 0.126 e. The monoisotopic (exact) mass is 1760 g/mol. The van der Waals surface area contributed by atoms with Gasteiger partial charge >= 0.3 is 0 Å². The second-order valence-electron chi connectivity index (χ2n) is 46.3. The van der Waals surface area contributed by atoms with Gasteiger partial charge in [-0.05, 0) is 280 Å². The van der Waals surface area contributed by atoms with Crippen molar-refractivity contribution in [1.29, 1.82) is 0 Å². The van der Waals surface area contributed by atoms with Crippen LogP contribution in [-0.4, -0.2) is 52.9 Å². The molecule has 2 aliphatic carbocycles. The van der Waals surface area contributed by atoms with Gasteiger partial charge in [0, 0.05) is 51.4 Å². The van der Waals surface area contributed by atoms with E-state index in [0.29, 0.717) is 104 Å². The van der Waals surface area contributed by atoms with Crippen molar-refractivity contribution in [3.05, 3.63) is 292 Å². The second-order valence-corrected chi connectivity index (χ2v) is 46.3. The first-order chi connectivity index (χ1) is 61.4. The van der Waals surface area contributed by atoms with E-state index in [4.69, 9.17) is 37.9 Å². The molecular formula is C122H164O8. The van der Waals surface area contributed by atoms with Gasteiger partial charge in [0.2, 0.25) is 0 Å². The summed E-state index contributed by atoms with van der Waals surface area (Å²) in [6, 6.07) is 39.4. The summed E-state index contributed by atoms with van der Waals surface area (Å²) in [6.07, 6.45) is 37.5. The number of benzene rings is 8. The highest BCUT2D eigenvalue weighted by Crippen LogP contribution is 2.49. The molecule has 0 amide bonds. The van der Waals surface area contributed by atoms with Crippen LogP contribution in [0.2, 0.25) is 0 Å². The SMILES string of the molecule is C=CCCCOc1c2cc(C(C)(C)C)cc1Cc1cc(C(C)(C)C)cc3c1OCCCC=CCCCOc1c(cc(C(C)(C)C)cc1Cc1cc(C(C)(C)C)cc(c1OCCC/C=C/CCCOc1c4cc(C(C)(C)C)cc1Cc1cc(C(C)(C)C)cc5c1OCCC/C=C\CCCOc1c(cc(C(C)(C)C)cc1C4)Cc1cc(C(C)(C)C)cc(c1OCCCC=C)C5)C3)C2. The number of unbranched alkanes of at least 4 members (excludes halogenated alkanes) is 4. The van der Waals surface area contributed by atoms with Crippen LogP contribution in [0.1, 0.15) is 402 Å². The zero-order valence-electron chi connectivity index (χ0n) is 85.2. The van der Waals surface area contributed by atoms with Gasteiger partial charge in [0.15, 0.2) is 0 Å². The standard InChI is InChI=1S/C122H164O8/c1-27-29-43-51-123-107-83-59-87-71-101(117(9,10)11)75-91-63-95-79-105(121(21,22)23)80-96(64-92-76-102(118(12,13)14)72-88(60-84(107)68-99(67-83)115(3,4)5)110(92)126-54-46-38-32-31-37-45-53-125-109(87)91)113(95)129-57-49-41-35-36-42-50-58-130-114-97-65-93-77-103(119(15,16)17)73-89-61-85-69-100(116(6,7)8)70-86(108(85)124-52-44-30-28-2)62-90-74-104(120(18,19)20)78-94(66-98(114)82-106(81-97)122(24,25)26)112(90)128-56-48-40-34-33-39-47-55-127-111(89)93/h27-28,31-36,67-82H,1-2,29-30,37-66H2,3-26H3/b32-31-,34-33?,36-35+. The Hall–Kier alpha value is -9.14. The van der Waals surface area contributed by atoms with E-state index in [1.165, 1.54) is 134 Å². The molecule has 0 atom stereocenters. The van der Waals surface area contributed by atoms with Crippen molar-refractivity contribution in [1.82, 2.24) is 0 Å². The lowest BCUT2D eigenvalue weighted by molar-refractivity contribution is 0.299. The average Bonchev–Trinajstić information content (AvgIpc) is 0.773. The Bertz CT molecular complexity index is 4750. The number of rotatable bonds is 20. The van der Waals surface area contributed by atoms with Crippen LogP contribution in [-0.2, 0) is 94.7 Å². The summed E-state index contributed by atoms with van der Waals surface area (Å²) in [5.74, 6) is 7.78. The number of ether oxygens (including phenoxy) is 8. The van der Waals surface area contributed by atoms with Crippen molar-refractivity contribution in [3.63, 3.8) is 0 Å². The van der Waals surface area contributed by atoms with Crippen LogP contribution in [0, 0.1) is 0 Å². The molecule has 8 aromatic rings. The molecule has 0 saturated carbocycles. The van der Waals surface area contributed by atoms with Gasteiger partial charge in [0.05, 0.1) is 52.9 Å². The molecule has 130 heavy (non-hydrogen) atoms. The minimum Gasteiger partial charge on any atom is -0.493 e. The quantitative estimate of drug-likeness (QED) is 0.0552. The third-order valence-electron chi connectivity index (χ3n) is 26.6. The number of fused-ring (bicyclic) bond motifs is 4. The molecule has 0 unspecified atom stereocenters. The third kappa shape index (κ3) is 26.4. The molecule has 8 nitrogen and oxygen atoms in total. The first-order valence-electron chi connectivity index (χ1n) is 49.9. The first-order valence-corrected chi connectivity index (χ1v) is 49.9. The van der Waals surface area contributed by atoms with Crippen molar-refractivity contribution in [3.8, 4) is 46.0 Å². The molecule has 0 radical (unpaired) electrons. The fourth-order valence-corrected chi connectivity index (χ4v) is 18.5. The Morgan fingerprint density at radius 2 is 0.385 bits per heavy atom. The first kappa shape index (κ1) is 99.9. The van der Waals surface area contributed by atoms with Crippen LogP contribution < -0.4 is 37.9 Å². The molecule has 0 saturated heterocycles.